The van der Waals surface area contributed by atoms with Gasteiger partial charge in [-0.3, -0.25) is 9.59 Å². The number of hydrogen-bond donors (Lipinski definition) is 3. The molecule has 5 nitrogen and oxygen atoms in total. The molecule has 0 bridgehead atoms. The third-order valence-electron chi connectivity index (χ3n) is 4.57. The lowest BCUT2D eigenvalue weighted by molar-refractivity contribution is -0.119. The van der Waals surface area contributed by atoms with Crippen LogP contribution in [0.4, 0.5) is 5.69 Å². The summed E-state index contributed by atoms with van der Waals surface area (Å²) in [5, 5.41) is 8.94. The zero-order chi connectivity index (χ0) is 18.6. The lowest BCUT2D eigenvalue weighted by atomic mass is 9.97. The molecule has 1 aromatic carbocycles. The van der Waals surface area contributed by atoms with Crippen molar-refractivity contribution in [3.63, 3.8) is 0 Å². The van der Waals surface area contributed by atoms with E-state index in [4.69, 9.17) is 0 Å². The highest BCUT2D eigenvalue weighted by Gasteiger charge is 2.07. The summed E-state index contributed by atoms with van der Waals surface area (Å²) in [6.07, 6.45) is 10.2. The lowest BCUT2D eigenvalue weighted by Gasteiger charge is -2.13. The Morgan fingerprint density at radius 3 is 2.54 bits per heavy atom. The molecule has 0 unspecified atom stereocenters. The van der Waals surface area contributed by atoms with Crippen molar-refractivity contribution in [2.75, 3.05) is 25.0 Å². The van der Waals surface area contributed by atoms with E-state index in [9.17, 15) is 9.59 Å². The van der Waals surface area contributed by atoms with Crippen molar-refractivity contribution in [3.05, 3.63) is 41.5 Å². The molecule has 0 aliphatic heterocycles. The largest absolute Gasteiger partial charge is 0.376 e. The molecule has 0 saturated heterocycles. The number of benzene rings is 1. The van der Waals surface area contributed by atoms with Gasteiger partial charge in [0.1, 0.15) is 0 Å². The summed E-state index contributed by atoms with van der Waals surface area (Å²) >= 11 is 0. The molecule has 0 spiro atoms. The molecule has 3 N–H and O–H groups in total. The van der Waals surface area contributed by atoms with Gasteiger partial charge in [0.25, 0.3) is 5.91 Å². The van der Waals surface area contributed by atoms with Crippen LogP contribution in [0, 0.1) is 0 Å². The Hall–Kier alpha value is -2.30. The van der Waals surface area contributed by atoms with E-state index in [0.717, 1.165) is 24.9 Å². The maximum Gasteiger partial charge on any atom is 0.251 e. The van der Waals surface area contributed by atoms with Gasteiger partial charge in [-0.25, -0.2) is 0 Å². The highest BCUT2D eigenvalue weighted by atomic mass is 16.2. The number of amides is 2. The van der Waals surface area contributed by atoms with Gasteiger partial charge in [-0.1, -0.05) is 25.0 Å². The van der Waals surface area contributed by atoms with Gasteiger partial charge < -0.3 is 16.0 Å². The van der Waals surface area contributed by atoms with Gasteiger partial charge in [-0.15, -0.1) is 0 Å². The summed E-state index contributed by atoms with van der Waals surface area (Å²) in [7, 11) is 0. The first-order valence-corrected chi connectivity index (χ1v) is 9.75. The average molecular weight is 357 g/mol. The van der Waals surface area contributed by atoms with Gasteiger partial charge in [-0.2, -0.15) is 0 Å². The van der Waals surface area contributed by atoms with Crippen molar-refractivity contribution < 1.29 is 9.59 Å². The van der Waals surface area contributed by atoms with Gasteiger partial charge in [0, 0.05) is 24.3 Å². The van der Waals surface area contributed by atoms with Crippen LogP contribution in [0.15, 0.2) is 35.9 Å². The van der Waals surface area contributed by atoms with Crippen molar-refractivity contribution in [1.29, 1.82) is 0 Å². The van der Waals surface area contributed by atoms with Crippen LogP contribution in [0.1, 0.15) is 62.2 Å². The number of allylic oxidation sites excluding steroid dienone is 1. The molecule has 26 heavy (non-hydrogen) atoms. The standard InChI is InChI=1S/C21H31N3O2/c1-2-3-14-23-21(26)18-9-11-19(12-10-18)24-16-20(25)22-15-13-17-7-5-4-6-8-17/h7,9-12,24H,2-6,8,13-16H2,1H3,(H,22,25)(H,23,26). The number of anilines is 1. The first kappa shape index (κ1) is 20.0. The first-order chi connectivity index (χ1) is 12.7. The van der Waals surface area contributed by atoms with Crippen molar-refractivity contribution >= 4 is 17.5 Å². The van der Waals surface area contributed by atoms with Crippen molar-refractivity contribution in [1.82, 2.24) is 10.6 Å². The number of carbonyl (C=O) groups excluding carboxylic acids is 2. The molecule has 0 radical (unpaired) electrons. The number of unbranched alkanes of at least 4 members (excludes halogenated alkanes) is 1. The van der Waals surface area contributed by atoms with Crippen LogP contribution in [0.3, 0.4) is 0 Å². The van der Waals surface area contributed by atoms with E-state index in [1.807, 2.05) is 12.1 Å². The third kappa shape index (κ3) is 7.30. The fraction of sp³-hybridized carbons (Fsp3) is 0.524. The number of hydrogen-bond acceptors (Lipinski definition) is 3. The zero-order valence-corrected chi connectivity index (χ0v) is 15.8. The molecule has 142 valence electrons. The number of rotatable bonds is 10. The Labute approximate surface area is 156 Å². The molecular formula is C21H31N3O2. The van der Waals surface area contributed by atoms with Crippen LogP contribution in [0.2, 0.25) is 0 Å². The Kier molecular flexibility index (Phi) is 8.73. The number of nitrogens with one attached hydrogen (secondary N) is 3. The molecule has 0 heterocycles. The summed E-state index contributed by atoms with van der Waals surface area (Å²) in [6, 6.07) is 7.21. The highest BCUT2D eigenvalue weighted by molar-refractivity contribution is 5.94. The predicted octanol–water partition coefficient (Wildman–Crippen LogP) is 3.64. The van der Waals surface area contributed by atoms with E-state index in [1.165, 1.54) is 31.3 Å². The molecule has 1 aliphatic rings. The summed E-state index contributed by atoms with van der Waals surface area (Å²) in [5.74, 6) is -0.0671. The second-order valence-electron chi connectivity index (χ2n) is 6.75. The fourth-order valence-corrected chi connectivity index (χ4v) is 2.96. The van der Waals surface area contributed by atoms with Crippen molar-refractivity contribution in [2.45, 2.75) is 51.9 Å². The predicted molar refractivity (Wildman–Crippen MR) is 106 cm³/mol. The second-order valence-corrected chi connectivity index (χ2v) is 6.75. The van der Waals surface area contributed by atoms with E-state index in [2.05, 4.69) is 29.0 Å². The smallest absolute Gasteiger partial charge is 0.251 e. The van der Waals surface area contributed by atoms with Crippen LogP contribution in [-0.2, 0) is 4.79 Å². The normalized spacial score (nSPS) is 13.7. The Morgan fingerprint density at radius 2 is 1.85 bits per heavy atom. The quantitative estimate of drug-likeness (QED) is 0.442. The van der Waals surface area contributed by atoms with Gasteiger partial charge >= 0.3 is 0 Å². The van der Waals surface area contributed by atoms with Crippen LogP contribution < -0.4 is 16.0 Å². The molecule has 0 atom stereocenters. The van der Waals surface area contributed by atoms with Gasteiger partial charge in [0.2, 0.25) is 5.91 Å². The molecule has 0 aromatic heterocycles. The minimum atomic E-state index is -0.0558. The third-order valence-corrected chi connectivity index (χ3v) is 4.57. The van der Waals surface area contributed by atoms with E-state index in [0.29, 0.717) is 18.7 Å². The Morgan fingerprint density at radius 1 is 1.04 bits per heavy atom. The Bertz CT molecular complexity index is 608. The topological polar surface area (TPSA) is 70.2 Å². The minimum absolute atomic E-state index is 0.0113. The zero-order valence-electron chi connectivity index (χ0n) is 15.8. The maximum absolute atomic E-state index is 11.9. The second kappa shape index (κ2) is 11.3. The Balaban J connectivity index is 1.65. The average Bonchev–Trinajstić information content (AvgIpc) is 2.68. The van der Waals surface area contributed by atoms with E-state index < -0.39 is 0 Å². The van der Waals surface area contributed by atoms with Gasteiger partial charge in [-0.05, 0) is 62.8 Å². The van der Waals surface area contributed by atoms with Crippen molar-refractivity contribution in [2.24, 2.45) is 0 Å². The van der Waals surface area contributed by atoms with E-state index in [1.54, 1.807) is 12.1 Å². The van der Waals surface area contributed by atoms with Crippen LogP contribution in [-0.4, -0.2) is 31.4 Å². The summed E-state index contributed by atoms with van der Waals surface area (Å²) in [5.41, 5.74) is 2.94. The summed E-state index contributed by atoms with van der Waals surface area (Å²) < 4.78 is 0. The molecule has 1 aliphatic carbocycles. The molecule has 0 saturated carbocycles. The van der Waals surface area contributed by atoms with Crippen molar-refractivity contribution in [3.8, 4) is 0 Å². The van der Waals surface area contributed by atoms with E-state index >= 15 is 0 Å². The SMILES string of the molecule is CCCCNC(=O)c1ccc(NCC(=O)NCCC2=CCCCC2)cc1. The summed E-state index contributed by atoms with van der Waals surface area (Å²) in [4.78, 5) is 23.9. The molecule has 5 heteroatoms. The molecule has 0 fully saturated rings. The first-order valence-electron chi connectivity index (χ1n) is 9.75. The molecule has 2 amide bonds. The lowest BCUT2D eigenvalue weighted by Crippen LogP contribution is -2.30. The molecule has 1 aromatic rings. The maximum atomic E-state index is 11.9. The molecular weight excluding hydrogens is 326 g/mol. The summed E-state index contributed by atoms with van der Waals surface area (Å²) in [6.45, 7) is 3.73. The fourth-order valence-electron chi connectivity index (χ4n) is 2.96. The highest BCUT2D eigenvalue weighted by Crippen LogP contribution is 2.19. The van der Waals surface area contributed by atoms with Gasteiger partial charge in [0.15, 0.2) is 0 Å². The number of carbonyl (C=O) groups is 2. The molecule has 2 rings (SSSR count). The van der Waals surface area contributed by atoms with Crippen LogP contribution in [0.25, 0.3) is 0 Å². The minimum Gasteiger partial charge on any atom is -0.376 e. The monoisotopic (exact) mass is 357 g/mol. The van der Waals surface area contributed by atoms with Crippen LogP contribution in [0.5, 0.6) is 0 Å². The van der Waals surface area contributed by atoms with E-state index in [-0.39, 0.29) is 18.4 Å². The van der Waals surface area contributed by atoms with Gasteiger partial charge in [0.05, 0.1) is 6.54 Å². The van der Waals surface area contributed by atoms with Crippen LogP contribution >= 0.6 is 0 Å².